The van der Waals surface area contributed by atoms with Gasteiger partial charge in [-0.15, -0.1) is 0 Å². The number of carbonyl (C=O) groups excluding carboxylic acids is 1. The minimum atomic E-state index is -0.434. The van der Waals surface area contributed by atoms with Gasteiger partial charge in [0.15, 0.2) is 0 Å². The largest absolute Gasteiger partial charge is 0.395 e. The van der Waals surface area contributed by atoms with Crippen LogP contribution in [0.25, 0.3) is 0 Å². The molecule has 1 fully saturated rings. The van der Waals surface area contributed by atoms with Crippen molar-refractivity contribution in [3.8, 4) is 0 Å². The minimum absolute atomic E-state index is 0.0742. The number of nitrogens with zero attached hydrogens (tertiary/aromatic N) is 1. The number of carbonyl (C=O) groups is 1. The number of halogens is 2. The molecule has 0 atom stereocenters. The molecule has 1 aromatic carbocycles. The zero-order valence-electron chi connectivity index (χ0n) is 9.20. The molecule has 1 N–H and O–H groups in total. The van der Waals surface area contributed by atoms with Crippen molar-refractivity contribution in [3.05, 3.63) is 34.1 Å². The Balaban J connectivity index is 2.24. The van der Waals surface area contributed by atoms with E-state index in [1.54, 1.807) is 4.90 Å². The van der Waals surface area contributed by atoms with Crippen molar-refractivity contribution < 1.29 is 14.3 Å². The second kappa shape index (κ2) is 5.14. The smallest absolute Gasteiger partial charge is 0.255 e. The van der Waals surface area contributed by atoms with Gasteiger partial charge in [-0.25, -0.2) is 4.39 Å². The quantitative estimate of drug-likeness (QED) is 0.926. The number of aliphatic hydroxyl groups excluding tert-OH is 1. The maximum atomic E-state index is 13.1. The van der Waals surface area contributed by atoms with Crippen LogP contribution in [0.1, 0.15) is 23.2 Å². The number of hydrogen-bond acceptors (Lipinski definition) is 2. The van der Waals surface area contributed by atoms with Gasteiger partial charge in [-0.1, -0.05) is 0 Å². The van der Waals surface area contributed by atoms with E-state index in [-0.39, 0.29) is 18.6 Å². The third-order valence-electron chi connectivity index (χ3n) is 2.75. The lowest BCUT2D eigenvalue weighted by Gasteiger charge is -2.21. The third kappa shape index (κ3) is 2.84. The van der Waals surface area contributed by atoms with E-state index in [2.05, 4.69) is 15.9 Å². The van der Waals surface area contributed by atoms with Crippen LogP contribution in [-0.4, -0.2) is 35.1 Å². The maximum Gasteiger partial charge on any atom is 0.255 e. The molecule has 1 amide bonds. The molecule has 92 valence electrons. The first-order valence-electron chi connectivity index (χ1n) is 5.50. The third-order valence-corrected chi connectivity index (χ3v) is 3.44. The van der Waals surface area contributed by atoms with Crippen LogP contribution in [-0.2, 0) is 0 Å². The van der Waals surface area contributed by atoms with Gasteiger partial charge in [0.05, 0.1) is 12.2 Å². The molecule has 17 heavy (non-hydrogen) atoms. The van der Waals surface area contributed by atoms with Crippen LogP contribution in [0.15, 0.2) is 22.7 Å². The van der Waals surface area contributed by atoms with E-state index in [0.29, 0.717) is 16.6 Å². The Morgan fingerprint density at radius 3 is 2.82 bits per heavy atom. The molecule has 0 aromatic heterocycles. The van der Waals surface area contributed by atoms with Crippen molar-refractivity contribution >= 4 is 21.8 Å². The summed E-state index contributed by atoms with van der Waals surface area (Å²) < 4.78 is 13.7. The maximum absolute atomic E-state index is 13.1. The lowest BCUT2D eigenvalue weighted by Crippen LogP contribution is -2.35. The first-order chi connectivity index (χ1) is 8.13. The molecule has 0 radical (unpaired) electrons. The van der Waals surface area contributed by atoms with Gasteiger partial charge in [-0.05, 0) is 47.0 Å². The summed E-state index contributed by atoms with van der Waals surface area (Å²) in [6.07, 6.45) is 1.91. The Hall–Kier alpha value is -0.940. The molecule has 0 saturated heterocycles. The summed E-state index contributed by atoms with van der Waals surface area (Å²) in [5.41, 5.74) is 0.311. The molecular formula is C12H13BrFNO2. The SMILES string of the molecule is O=C(c1cc(F)ccc1Br)N(CCO)C1CC1. The molecule has 0 spiro atoms. The molecule has 1 aromatic rings. The van der Waals surface area contributed by atoms with Gasteiger partial charge >= 0.3 is 0 Å². The first-order valence-corrected chi connectivity index (χ1v) is 6.29. The van der Waals surface area contributed by atoms with Crippen LogP contribution in [0.2, 0.25) is 0 Å². The second-order valence-corrected chi connectivity index (χ2v) is 4.93. The van der Waals surface area contributed by atoms with E-state index in [1.165, 1.54) is 18.2 Å². The van der Waals surface area contributed by atoms with Crippen molar-refractivity contribution in [2.24, 2.45) is 0 Å². The highest BCUT2D eigenvalue weighted by atomic mass is 79.9. The summed E-state index contributed by atoms with van der Waals surface area (Å²) in [6.45, 7) is 0.224. The lowest BCUT2D eigenvalue weighted by molar-refractivity contribution is 0.0706. The van der Waals surface area contributed by atoms with Crippen molar-refractivity contribution in [1.82, 2.24) is 4.90 Å². The van der Waals surface area contributed by atoms with E-state index in [0.717, 1.165) is 12.8 Å². The van der Waals surface area contributed by atoms with Crippen LogP contribution >= 0.6 is 15.9 Å². The Morgan fingerprint density at radius 2 is 2.24 bits per heavy atom. The molecule has 0 bridgehead atoms. The van der Waals surface area contributed by atoms with Crippen LogP contribution < -0.4 is 0 Å². The number of amides is 1. The molecule has 2 rings (SSSR count). The Morgan fingerprint density at radius 1 is 1.53 bits per heavy atom. The van der Waals surface area contributed by atoms with Crippen molar-refractivity contribution in [2.75, 3.05) is 13.2 Å². The number of hydrogen-bond donors (Lipinski definition) is 1. The molecule has 1 aliphatic carbocycles. The average molecular weight is 302 g/mol. The highest BCUT2D eigenvalue weighted by Crippen LogP contribution is 2.29. The van der Waals surface area contributed by atoms with Crippen molar-refractivity contribution in [2.45, 2.75) is 18.9 Å². The van der Waals surface area contributed by atoms with Crippen molar-refractivity contribution in [3.63, 3.8) is 0 Å². The molecule has 1 aliphatic rings. The van der Waals surface area contributed by atoms with Crippen LogP contribution in [0.3, 0.4) is 0 Å². The predicted molar refractivity (Wildman–Crippen MR) is 65.2 cm³/mol. The Bertz CT molecular complexity index is 435. The summed E-state index contributed by atoms with van der Waals surface area (Å²) in [6, 6.07) is 4.24. The molecule has 5 heteroatoms. The van der Waals surface area contributed by atoms with Gasteiger partial charge in [0.1, 0.15) is 5.82 Å². The summed E-state index contributed by atoms with van der Waals surface area (Å²) in [5.74, 6) is -0.663. The zero-order valence-corrected chi connectivity index (χ0v) is 10.8. The van der Waals surface area contributed by atoms with Gasteiger partial charge in [-0.3, -0.25) is 4.79 Å². The molecule has 0 aliphatic heterocycles. The monoisotopic (exact) mass is 301 g/mol. The zero-order chi connectivity index (χ0) is 12.4. The topological polar surface area (TPSA) is 40.5 Å². The van der Waals surface area contributed by atoms with E-state index >= 15 is 0 Å². The molecule has 0 heterocycles. The summed E-state index contributed by atoms with van der Waals surface area (Å²) in [7, 11) is 0. The van der Waals surface area contributed by atoms with Crippen LogP contribution in [0.5, 0.6) is 0 Å². The van der Waals surface area contributed by atoms with Gasteiger partial charge in [-0.2, -0.15) is 0 Å². The molecular weight excluding hydrogens is 289 g/mol. The highest BCUT2D eigenvalue weighted by Gasteiger charge is 2.33. The van der Waals surface area contributed by atoms with Gasteiger partial charge in [0.25, 0.3) is 5.91 Å². The molecule has 1 saturated carbocycles. The van der Waals surface area contributed by atoms with E-state index in [4.69, 9.17) is 5.11 Å². The summed E-state index contributed by atoms with van der Waals surface area (Å²) >= 11 is 3.24. The number of aliphatic hydroxyl groups is 1. The van der Waals surface area contributed by atoms with Gasteiger partial charge in [0, 0.05) is 17.1 Å². The summed E-state index contributed by atoms with van der Waals surface area (Å²) in [5, 5.41) is 8.95. The van der Waals surface area contributed by atoms with E-state index in [9.17, 15) is 9.18 Å². The van der Waals surface area contributed by atoms with Crippen LogP contribution in [0.4, 0.5) is 4.39 Å². The van der Waals surface area contributed by atoms with E-state index in [1.807, 2.05) is 0 Å². The normalized spacial score (nSPS) is 14.8. The van der Waals surface area contributed by atoms with E-state index < -0.39 is 5.82 Å². The van der Waals surface area contributed by atoms with Crippen LogP contribution in [0, 0.1) is 5.82 Å². The lowest BCUT2D eigenvalue weighted by atomic mass is 10.2. The van der Waals surface area contributed by atoms with Gasteiger partial charge in [0.2, 0.25) is 0 Å². The Kier molecular flexibility index (Phi) is 3.79. The molecule has 3 nitrogen and oxygen atoms in total. The number of rotatable bonds is 4. The standard InChI is InChI=1S/C12H13BrFNO2/c13-11-4-1-8(14)7-10(11)12(17)15(5-6-16)9-2-3-9/h1,4,7,9,16H,2-3,5-6H2. The fourth-order valence-electron chi connectivity index (χ4n) is 1.76. The summed E-state index contributed by atoms with van der Waals surface area (Å²) in [4.78, 5) is 13.8. The first kappa shape index (κ1) is 12.5. The fraction of sp³-hybridized carbons (Fsp3) is 0.417. The predicted octanol–water partition coefficient (Wildman–Crippen LogP) is 2.19. The molecule has 0 unspecified atom stereocenters. The fourth-order valence-corrected chi connectivity index (χ4v) is 2.18. The minimum Gasteiger partial charge on any atom is -0.395 e. The van der Waals surface area contributed by atoms with Gasteiger partial charge < -0.3 is 10.0 Å². The Labute approximate surface area is 107 Å². The number of benzene rings is 1. The second-order valence-electron chi connectivity index (χ2n) is 4.08. The van der Waals surface area contributed by atoms with Crippen molar-refractivity contribution in [1.29, 1.82) is 0 Å². The highest BCUT2D eigenvalue weighted by molar-refractivity contribution is 9.10. The average Bonchev–Trinajstić information content (AvgIpc) is 3.12.